The van der Waals surface area contributed by atoms with Crippen LogP contribution in [0, 0.1) is 0 Å². The van der Waals surface area contributed by atoms with Crippen molar-refractivity contribution in [3.8, 4) is 0 Å². The van der Waals surface area contributed by atoms with Crippen molar-refractivity contribution in [3.05, 3.63) is 66.0 Å². The molecule has 0 aliphatic carbocycles. The lowest BCUT2D eigenvalue weighted by Gasteiger charge is -2.32. The molecule has 0 saturated carbocycles. The predicted molar refractivity (Wildman–Crippen MR) is 92.4 cm³/mol. The molecule has 2 N–H and O–H groups in total. The topological polar surface area (TPSA) is 85.0 Å². The van der Waals surface area contributed by atoms with Crippen molar-refractivity contribution in [2.75, 3.05) is 5.32 Å². The average molecular weight is 391 g/mol. The Morgan fingerprint density at radius 2 is 2.18 bits per heavy atom. The van der Waals surface area contributed by atoms with E-state index in [1.807, 2.05) is 0 Å². The lowest BCUT2D eigenvalue weighted by molar-refractivity contribution is -0.174. The van der Waals surface area contributed by atoms with E-state index in [4.69, 9.17) is 4.42 Å². The fourth-order valence-corrected chi connectivity index (χ4v) is 3.12. The second-order valence-corrected chi connectivity index (χ2v) is 6.37. The number of nitrogens with zero attached hydrogens (tertiary/aromatic N) is 3. The molecular weight excluding hydrogens is 375 g/mol. The van der Waals surface area contributed by atoms with E-state index in [1.54, 1.807) is 36.5 Å². The summed E-state index contributed by atoms with van der Waals surface area (Å²) in [5.74, 6) is -0.0781. The zero-order valence-corrected chi connectivity index (χ0v) is 14.5. The number of pyridine rings is 1. The van der Waals surface area contributed by atoms with Gasteiger partial charge in [0.05, 0.1) is 24.5 Å². The van der Waals surface area contributed by atoms with Crippen LogP contribution in [0.2, 0.25) is 0 Å². The fraction of sp³-hybridized carbons (Fsp3) is 0.278. The Bertz CT molecular complexity index is 954. The van der Waals surface area contributed by atoms with E-state index in [2.05, 4.69) is 20.7 Å². The van der Waals surface area contributed by atoms with E-state index < -0.39 is 24.2 Å². The summed E-state index contributed by atoms with van der Waals surface area (Å²) in [6, 6.07) is 7.24. The van der Waals surface area contributed by atoms with Crippen molar-refractivity contribution in [1.82, 2.24) is 20.1 Å². The summed E-state index contributed by atoms with van der Waals surface area (Å²) in [7, 11) is 0. The fourth-order valence-electron chi connectivity index (χ4n) is 3.12. The highest BCUT2D eigenvalue weighted by atomic mass is 19.4. The minimum Gasteiger partial charge on any atom is -0.467 e. The normalized spacial score (nSPS) is 19.0. The zero-order valence-electron chi connectivity index (χ0n) is 14.5. The molecule has 0 bridgehead atoms. The van der Waals surface area contributed by atoms with Gasteiger partial charge < -0.3 is 15.1 Å². The third-order valence-corrected chi connectivity index (χ3v) is 4.47. The van der Waals surface area contributed by atoms with Crippen molar-refractivity contribution < 1.29 is 22.4 Å². The minimum absolute atomic E-state index is 0.104. The van der Waals surface area contributed by atoms with Gasteiger partial charge in [0, 0.05) is 18.7 Å². The number of furan rings is 1. The molecule has 0 aromatic carbocycles. The minimum atomic E-state index is -4.52. The Kier molecular flexibility index (Phi) is 4.54. The molecular formula is C18H16F3N5O2. The van der Waals surface area contributed by atoms with Crippen LogP contribution in [-0.2, 0) is 6.54 Å². The quantitative estimate of drug-likeness (QED) is 0.712. The second kappa shape index (κ2) is 7.02. The molecule has 0 fully saturated rings. The molecule has 7 nitrogen and oxygen atoms in total. The standard InChI is InChI=1S/C18H16F3N5O2/c19-18(20,21)15-8-12(14-5-3-7-28-14)24-16-9-13(25-26(15)16)17(27)23-10-11-4-1-2-6-22-11/h1-7,9,12,15,24H,8,10H2,(H,23,27)/t12-,15-/m0/s1. The van der Waals surface area contributed by atoms with Crippen molar-refractivity contribution in [2.24, 2.45) is 0 Å². The Morgan fingerprint density at radius 3 is 2.86 bits per heavy atom. The number of amides is 1. The van der Waals surface area contributed by atoms with E-state index in [0.29, 0.717) is 11.5 Å². The van der Waals surface area contributed by atoms with Gasteiger partial charge in [0.2, 0.25) is 0 Å². The lowest BCUT2D eigenvalue weighted by Crippen LogP contribution is -2.35. The molecule has 0 radical (unpaired) electrons. The van der Waals surface area contributed by atoms with E-state index in [1.165, 1.54) is 12.3 Å². The maximum atomic E-state index is 13.6. The van der Waals surface area contributed by atoms with Gasteiger partial charge in [0.25, 0.3) is 5.91 Å². The number of anilines is 1. The van der Waals surface area contributed by atoms with Gasteiger partial charge in [0.1, 0.15) is 11.6 Å². The third-order valence-electron chi connectivity index (χ3n) is 4.47. The van der Waals surface area contributed by atoms with Crippen LogP contribution in [0.5, 0.6) is 0 Å². The number of fused-ring (bicyclic) bond motifs is 1. The number of hydrogen-bond acceptors (Lipinski definition) is 5. The summed E-state index contributed by atoms with van der Waals surface area (Å²) < 4.78 is 46.8. The first-order valence-corrected chi connectivity index (χ1v) is 8.56. The molecule has 3 aromatic heterocycles. The van der Waals surface area contributed by atoms with E-state index in [0.717, 1.165) is 4.68 Å². The number of hydrogen-bond donors (Lipinski definition) is 2. The van der Waals surface area contributed by atoms with Crippen LogP contribution < -0.4 is 10.6 Å². The monoisotopic (exact) mass is 391 g/mol. The van der Waals surface area contributed by atoms with E-state index in [9.17, 15) is 18.0 Å². The number of carbonyl (C=O) groups is 1. The average Bonchev–Trinajstić information content (AvgIpc) is 3.34. The molecule has 4 rings (SSSR count). The molecule has 1 aliphatic rings. The first kappa shape index (κ1) is 18.1. The van der Waals surface area contributed by atoms with Gasteiger partial charge in [-0.3, -0.25) is 9.78 Å². The molecule has 10 heteroatoms. The van der Waals surface area contributed by atoms with Gasteiger partial charge in [-0.15, -0.1) is 0 Å². The Hall–Kier alpha value is -3.30. The predicted octanol–water partition coefficient (Wildman–Crippen LogP) is 3.46. The Morgan fingerprint density at radius 1 is 1.32 bits per heavy atom. The number of aromatic nitrogens is 3. The molecule has 0 saturated heterocycles. The van der Waals surface area contributed by atoms with Gasteiger partial charge in [-0.05, 0) is 24.3 Å². The number of carbonyl (C=O) groups excluding carboxylic acids is 1. The molecule has 4 heterocycles. The molecule has 3 aromatic rings. The van der Waals surface area contributed by atoms with Gasteiger partial charge >= 0.3 is 6.18 Å². The van der Waals surface area contributed by atoms with Crippen LogP contribution in [0.25, 0.3) is 0 Å². The molecule has 0 unspecified atom stereocenters. The zero-order chi connectivity index (χ0) is 19.7. The molecule has 1 amide bonds. The number of halogens is 3. The Balaban J connectivity index is 1.57. The van der Waals surface area contributed by atoms with Crippen LogP contribution in [0.15, 0.2) is 53.3 Å². The maximum absolute atomic E-state index is 13.6. The summed E-state index contributed by atoms with van der Waals surface area (Å²) in [5.41, 5.74) is 0.525. The highest BCUT2D eigenvalue weighted by Gasteiger charge is 2.47. The smallest absolute Gasteiger partial charge is 0.410 e. The maximum Gasteiger partial charge on any atom is 0.410 e. The molecule has 1 aliphatic heterocycles. The summed E-state index contributed by atoms with van der Waals surface area (Å²) >= 11 is 0. The molecule has 28 heavy (non-hydrogen) atoms. The number of alkyl halides is 3. The summed E-state index contributed by atoms with van der Waals surface area (Å²) in [6.45, 7) is 0.146. The number of nitrogens with one attached hydrogen (secondary N) is 2. The van der Waals surface area contributed by atoms with E-state index in [-0.39, 0.29) is 24.5 Å². The van der Waals surface area contributed by atoms with Crippen LogP contribution in [0.3, 0.4) is 0 Å². The summed E-state index contributed by atoms with van der Waals surface area (Å²) in [6.07, 6.45) is -1.82. The molecule has 146 valence electrons. The summed E-state index contributed by atoms with van der Waals surface area (Å²) in [5, 5.41) is 9.47. The lowest BCUT2D eigenvalue weighted by atomic mass is 10.0. The third kappa shape index (κ3) is 3.57. The summed E-state index contributed by atoms with van der Waals surface area (Å²) in [4.78, 5) is 16.4. The van der Waals surface area contributed by atoms with Crippen molar-refractivity contribution in [2.45, 2.75) is 31.2 Å². The number of rotatable bonds is 4. The van der Waals surface area contributed by atoms with Gasteiger partial charge in [-0.1, -0.05) is 6.07 Å². The van der Waals surface area contributed by atoms with Crippen LogP contribution in [-0.4, -0.2) is 26.8 Å². The van der Waals surface area contributed by atoms with Crippen molar-refractivity contribution in [3.63, 3.8) is 0 Å². The van der Waals surface area contributed by atoms with Crippen LogP contribution in [0.4, 0.5) is 19.0 Å². The SMILES string of the molecule is O=C(NCc1ccccn1)c1cc2n(n1)[C@H](C(F)(F)F)C[C@@H](c1ccco1)N2. The van der Waals surface area contributed by atoms with Gasteiger partial charge in [-0.25, -0.2) is 4.68 Å². The van der Waals surface area contributed by atoms with Gasteiger partial charge in [0.15, 0.2) is 11.7 Å². The van der Waals surface area contributed by atoms with E-state index >= 15 is 0 Å². The molecule has 0 spiro atoms. The highest BCUT2D eigenvalue weighted by Crippen LogP contribution is 2.43. The molecule has 2 atom stereocenters. The largest absolute Gasteiger partial charge is 0.467 e. The first-order valence-electron chi connectivity index (χ1n) is 8.56. The highest BCUT2D eigenvalue weighted by molar-refractivity contribution is 5.93. The van der Waals surface area contributed by atoms with Crippen molar-refractivity contribution >= 4 is 11.7 Å². The van der Waals surface area contributed by atoms with Crippen LogP contribution in [0.1, 0.15) is 40.4 Å². The second-order valence-electron chi connectivity index (χ2n) is 6.37. The van der Waals surface area contributed by atoms with Crippen molar-refractivity contribution in [1.29, 1.82) is 0 Å². The first-order chi connectivity index (χ1) is 13.4. The van der Waals surface area contributed by atoms with Crippen LogP contribution >= 0.6 is 0 Å². The van der Waals surface area contributed by atoms with Gasteiger partial charge in [-0.2, -0.15) is 18.3 Å². The Labute approximate surface area is 157 Å².